The zero-order valence-corrected chi connectivity index (χ0v) is 23.1. The number of Topliss-reactive ketones (excluding diaryl/α,β-unsaturated/α-hetero) is 1. The number of carbonyl (C=O) groups excluding carboxylic acids is 4. The number of hydrogen-bond donors (Lipinski definition) is 2. The predicted molar refractivity (Wildman–Crippen MR) is 151 cm³/mol. The summed E-state index contributed by atoms with van der Waals surface area (Å²) in [5.74, 6) is -0.590. The van der Waals surface area contributed by atoms with Crippen molar-refractivity contribution in [3.8, 4) is 0 Å². The van der Waals surface area contributed by atoms with Crippen LogP contribution in [0.1, 0.15) is 38.3 Å². The molecule has 3 rings (SSSR count). The molecule has 0 aromatic heterocycles. The number of carbonyl (C=O) groups is 4. The number of nitrogens with zero attached hydrogens (tertiary/aromatic N) is 2. The molecule has 0 aliphatic carbocycles. The van der Waals surface area contributed by atoms with Crippen LogP contribution >= 0.6 is 0 Å². The van der Waals surface area contributed by atoms with Crippen LogP contribution in [0.3, 0.4) is 0 Å². The van der Waals surface area contributed by atoms with Gasteiger partial charge in [0.2, 0.25) is 5.91 Å². The van der Waals surface area contributed by atoms with Crippen molar-refractivity contribution >= 4 is 24.1 Å². The number of aldehydes is 1. The highest BCUT2D eigenvalue weighted by Crippen LogP contribution is 2.17. The Morgan fingerprint density at radius 2 is 1.64 bits per heavy atom. The topological polar surface area (TPSA) is 108 Å². The molecular formula is C30H40N4O5. The second-order valence-corrected chi connectivity index (χ2v) is 9.11. The van der Waals surface area contributed by atoms with Crippen molar-refractivity contribution in [3.05, 3.63) is 84.1 Å². The third-order valence-corrected chi connectivity index (χ3v) is 6.04. The van der Waals surface area contributed by atoms with E-state index in [0.717, 1.165) is 11.1 Å². The fourth-order valence-electron chi connectivity index (χ4n) is 4.15. The highest BCUT2D eigenvalue weighted by atomic mass is 16.5. The van der Waals surface area contributed by atoms with Gasteiger partial charge in [0, 0.05) is 38.3 Å². The summed E-state index contributed by atoms with van der Waals surface area (Å²) >= 11 is 0. The summed E-state index contributed by atoms with van der Waals surface area (Å²) in [6.45, 7) is 11.9. The van der Waals surface area contributed by atoms with E-state index in [1.165, 1.54) is 6.92 Å². The zero-order chi connectivity index (χ0) is 28.6. The van der Waals surface area contributed by atoms with Crippen molar-refractivity contribution in [1.82, 2.24) is 20.4 Å². The first kappa shape index (κ1) is 31.2. The molecule has 1 saturated heterocycles. The van der Waals surface area contributed by atoms with Gasteiger partial charge in [-0.25, -0.2) is 4.79 Å². The number of hydrogen-bond acceptors (Lipinski definition) is 7. The molecule has 1 aliphatic heterocycles. The predicted octanol–water partition coefficient (Wildman–Crippen LogP) is 3.30. The summed E-state index contributed by atoms with van der Waals surface area (Å²) in [5.41, 5.74) is 2.57. The molecule has 210 valence electrons. The van der Waals surface area contributed by atoms with Gasteiger partial charge in [-0.15, -0.1) is 0 Å². The summed E-state index contributed by atoms with van der Waals surface area (Å²) in [6, 6.07) is 18.0. The number of benzene rings is 2. The third kappa shape index (κ3) is 11.1. The van der Waals surface area contributed by atoms with Crippen LogP contribution in [-0.2, 0) is 32.3 Å². The van der Waals surface area contributed by atoms with E-state index >= 15 is 0 Å². The van der Waals surface area contributed by atoms with Crippen molar-refractivity contribution in [2.75, 3.05) is 26.2 Å². The van der Waals surface area contributed by atoms with Crippen LogP contribution in [0.4, 0.5) is 4.79 Å². The Morgan fingerprint density at radius 3 is 2.23 bits per heavy atom. The minimum Gasteiger partial charge on any atom is -0.445 e. The number of ether oxygens (including phenoxy) is 1. The number of nitrogens with one attached hydrogen (secondary N) is 2. The molecule has 1 heterocycles. The zero-order valence-electron chi connectivity index (χ0n) is 23.1. The van der Waals surface area contributed by atoms with Gasteiger partial charge < -0.3 is 25.1 Å². The largest absolute Gasteiger partial charge is 0.445 e. The maximum atomic E-state index is 12.7. The van der Waals surface area contributed by atoms with Gasteiger partial charge in [0.25, 0.3) is 0 Å². The van der Waals surface area contributed by atoms with Gasteiger partial charge in [0.05, 0.1) is 18.6 Å². The van der Waals surface area contributed by atoms with Crippen molar-refractivity contribution in [3.63, 3.8) is 0 Å². The van der Waals surface area contributed by atoms with Gasteiger partial charge in [0.1, 0.15) is 18.7 Å². The Labute approximate surface area is 231 Å². The molecule has 1 aliphatic rings. The van der Waals surface area contributed by atoms with Gasteiger partial charge in [-0.2, -0.15) is 0 Å². The van der Waals surface area contributed by atoms with Gasteiger partial charge in [0.15, 0.2) is 0 Å². The van der Waals surface area contributed by atoms with E-state index in [0.29, 0.717) is 38.2 Å². The minimum absolute atomic E-state index is 0.0571. The Bertz CT molecular complexity index is 1080. The quantitative estimate of drug-likeness (QED) is 0.424. The van der Waals surface area contributed by atoms with Gasteiger partial charge in [-0.3, -0.25) is 14.5 Å². The van der Waals surface area contributed by atoms with Crippen LogP contribution in [0.2, 0.25) is 0 Å². The van der Waals surface area contributed by atoms with Crippen LogP contribution in [0.5, 0.6) is 0 Å². The summed E-state index contributed by atoms with van der Waals surface area (Å²) in [7, 11) is 0. The molecule has 9 heteroatoms. The Balaban J connectivity index is 0.00000260. The van der Waals surface area contributed by atoms with Crippen molar-refractivity contribution in [2.24, 2.45) is 0 Å². The standard InChI is InChI=1S/C28H34N4O5.C2H6/c1-21(34)15-25(19-33)29-27(35)18-32-14-13-31(16-23-9-5-3-6-10-23)17-26(22(32)2)30-28(36)37-20-24-11-7-4-8-12-24;1-2/h3-12,19,25-26H,2,13-18,20H2,1H3,(H,29,35)(H,30,36);1-2H3. The molecule has 9 nitrogen and oxygen atoms in total. The highest BCUT2D eigenvalue weighted by molar-refractivity contribution is 5.85. The van der Waals surface area contributed by atoms with Crippen LogP contribution < -0.4 is 10.6 Å². The average Bonchev–Trinajstić information content (AvgIpc) is 3.07. The molecule has 2 N–H and O–H groups in total. The molecule has 39 heavy (non-hydrogen) atoms. The molecule has 0 saturated carbocycles. The number of alkyl carbamates (subject to hydrolysis) is 1. The molecule has 2 aromatic carbocycles. The molecule has 2 amide bonds. The molecule has 1 fully saturated rings. The van der Waals surface area contributed by atoms with Crippen LogP contribution in [-0.4, -0.2) is 72.1 Å². The lowest BCUT2D eigenvalue weighted by molar-refractivity contribution is -0.126. The summed E-state index contributed by atoms with van der Waals surface area (Å²) in [6.07, 6.45) is -0.0765. The highest BCUT2D eigenvalue weighted by Gasteiger charge is 2.29. The van der Waals surface area contributed by atoms with Crippen LogP contribution in [0, 0.1) is 0 Å². The van der Waals surface area contributed by atoms with Crippen molar-refractivity contribution in [1.29, 1.82) is 0 Å². The lowest BCUT2D eigenvalue weighted by Crippen LogP contribution is -2.47. The van der Waals surface area contributed by atoms with Gasteiger partial charge >= 0.3 is 6.09 Å². The second-order valence-electron chi connectivity index (χ2n) is 9.11. The smallest absolute Gasteiger partial charge is 0.408 e. The van der Waals surface area contributed by atoms with E-state index in [2.05, 4.69) is 22.1 Å². The number of amides is 2. The first-order chi connectivity index (χ1) is 18.8. The fourth-order valence-corrected chi connectivity index (χ4v) is 4.15. The summed E-state index contributed by atoms with van der Waals surface area (Å²) in [4.78, 5) is 52.0. The Morgan fingerprint density at radius 1 is 1.03 bits per heavy atom. The first-order valence-electron chi connectivity index (χ1n) is 13.3. The maximum absolute atomic E-state index is 12.7. The fraction of sp³-hybridized carbons (Fsp3) is 0.400. The summed E-state index contributed by atoms with van der Waals surface area (Å²) in [5, 5.41) is 5.49. The average molecular weight is 537 g/mol. The van der Waals surface area contributed by atoms with E-state index in [1.54, 1.807) is 4.90 Å². The normalized spacial score (nSPS) is 16.1. The van der Waals surface area contributed by atoms with E-state index in [1.807, 2.05) is 74.5 Å². The lowest BCUT2D eigenvalue weighted by Gasteiger charge is -2.29. The molecular weight excluding hydrogens is 496 g/mol. The van der Waals surface area contributed by atoms with Crippen molar-refractivity contribution < 1.29 is 23.9 Å². The molecule has 0 radical (unpaired) electrons. The minimum atomic E-state index is -0.873. The van der Waals surface area contributed by atoms with Gasteiger partial charge in [-0.1, -0.05) is 81.1 Å². The number of rotatable bonds is 11. The molecule has 2 aromatic rings. The van der Waals surface area contributed by atoms with Gasteiger partial charge in [-0.05, 0) is 18.1 Å². The monoisotopic (exact) mass is 536 g/mol. The lowest BCUT2D eigenvalue weighted by atomic mass is 10.1. The SMILES string of the molecule is C=C1C(NC(=O)OCc2ccccc2)CN(Cc2ccccc2)CCN1CC(=O)NC(C=O)CC(C)=O.CC. The maximum Gasteiger partial charge on any atom is 0.408 e. The Hall–Kier alpha value is -3.98. The third-order valence-electron chi connectivity index (χ3n) is 6.04. The van der Waals surface area contributed by atoms with E-state index in [9.17, 15) is 19.2 Å². The van der Waals surface area contributed by atoms with E-state index < -0.39 is 24.1 Å². The van der Waals surface area contributed by atoms with E-state index in [-0.39, 0.29) is 25.4 Å². The van der Waals surface area contributed by atoms with E-state index in [4.69, 9.17) is 4.74 Å². The second kappa shape index (κ2) is 16.8. The number of ketones is 1. The molecule has 2 atom stereocenters. The van der Waals surface area contributed by atoms with Crippen LogP contribution in [0.25, 0.3) is 0 Å². The molecule has 0 spiro atoms. The molecule has 2 unspecified atom stereocenters. The van der Waals surface area contributed by atoms with Crippen molar-refractivity contribution in [2.45, 2.75) is 52.4 Å². The Kier molecular flexibility index (Phi) is 13.4. The summed E-state index contributed by atoms with van der Waals surface area (Å²) < 4.78 is 5.42. The molecule has 0 bridgehead atoms. The van der Waals surface area contributed by atoms with Crippen LogP contribution in [0.15, 0.2) is 72.9 Å². The first-order valence-corrected chi connectivity index (χ1v) is 13.3.